The fourth-order valence-corrected chi connectivity index (χ4v) is 2.01. The van der Waals surface area contributed by atoms with E-state index in [1.54, 1.807) is 12.1 Å². The quantitative estimate of drug-likeness (QED) is 0.673. The minimum atomic E-state index is -0.630. The number of aromatic nitrogens is 3. The molecule has 0 radical (unpaired) electrons. The summed E-state index contributed by atoms with van der Waals surface area (Å²) < 4.78 is 14.6. The maximum Gasteiger partial charge on any atom is 0.277 e. The first-order valence-corrected chi connectivity index (χ1v) is 5.48. The minimum absolute atomic E-state index is 0.0730. The highest BCUT2D eigenvalue weighted by Gasteiger charge is 2.11. The summed E-state index contributed by atoms with van der Waals surface area (Å²) in [5, 5.41) is 3.85. The van der Waals surface area contributed by atoms with Crippen LogP contribution < -0.4 is 5.56 Å². The van der Waals surface area contributed by atoms with E-state index in [9.17, 15) is 9.18 Å². The fourth-order valence-electron chi connectivity index (χ4n) is 1.85. The molecule has 0 saturated heterocycles. The van der Waals surface area contributed by atoms with Gasteiger partial charge in [0.05, 0.1) is 17.2 Å². The molecule has 0 unspecified atom stereocenters. The molecule has 0 saturated carbocycles. The Morgan fingerprint density at radius 3 is 3.06 bits per heavy atom. The maximum atomic E-state index is 13.4. The Hall–Kier alpha value is -1.88. The molecular formula is C11H7ClFN3O. The number of hydrogen-bond donors (Lipinski definition) is 1. The van der Waals surface area contributed by atoms with E-state index in [1.165, 1.54) is 4.52 Å². The first-order valence-electron chi connectivity index (χ1n) is 4.95. The molecule has 3 rings (SSSR count). The second-order valence-corrected chi connectivity index (χ2v) is 3.96. The van der Waals surface area contributed by atoms with E-state index >= 15 is 0 Å². The van der Waals surface area contributed by atoms with Crippen molar-refractivity contribution in [2.75, 3.05) is 0 Å². The van der Waals surface area contributed by atoms with Gasteiger partial charge in [-0.15, -0.1) is 11.6 Å². The molecule has 0 aliphatic carbocycles. The molecule has 0 bridgehead atoms. The molecule has 1 N–H and O–H groups in total. The number of alkyl halides is 1. The molecule has 0 fully saturated rings. The van der Waals surface area contributed by atoms with Gasteiger partial charge in [-0.3, -0.25) is 4.79 Å². The van der Waals surface area contributed by atoms with Gasteiger partial charge in [0.1, 0.15) is 0 Å². The summed E-state index contributed by atoms with van der Waals surface area (Å²) in [5.41, 5.74) is 1.53. The van der Waals surface area contributed by atoms with E-state index < -0.39 is 11.4 Å². The highest BCUT2D eigenvalue weighted by molar-refractivity contribution is 6.17. The van der Waals surface area contributed by atoms with Crippen molar-refractivity contribution in [3.05, 3.63) is 46.1 Å². The third-order valence-electron chi connectivity index (χ3n) is 2.63. The van der Waals surface area contributed by atoms with Crippen LogP contribution in [0.5, 0.6) is 0 Å². The molecule has 0 aliphatic heterocycles. The van der Waals surface area contributed by atoms with Crippen LogP contribution in [0.25, 0.3) is 16.6 Å². The number of rotatable bonds is 1. The van der Waals surface area contributed by atoms with Crippen molar-refractivity contribution < 1.29 is 4.39 Å². The Morgan fingerprint density at radius 1 is 1.47 bits per heavy atom. The summed E-state index contributed by atoms with van der Waals surface area (Å²) in [4.78, 5) is 14.3. The Kier molecular flexibility index (Phi) is 2.16. The van der Waals surface area contributed by atoms with E-state index in [0.29, 0.717) is 16.9 Å². The number of nitrogens with zero attached hydrogens (tertiary/aromatic N) is 2. The lowest BCUT2D eigenvalue weighted by Gasteiger charge is -2.02. The number of hydrogen-bond acceptors (Lipinski definition) is 2. The Balaban J connectivity index is 2.53. The van der Waals surface area contributed by atoms with Gasteiger partial charge in [0, 0.05) is 5.88 Å². The van der Waals surface area contributed by atoms with Crippen LogP contribution in [-0.2, 0) is 5.88 Å². The Labute approximate surface area is 99.6 Å². The smallest absolute Gasteiger partial charge is 0.277 e. The van der Waals surface area contributed by atoms with Crippen LogP contribution in [0.1, 0.15) is 5.56 Å². The summed E-state index contributed by atoms with van der Waals surface area (Å²) in [6.07, 6.45) is 1.03. The molecule has 3 aromatic rings. The second kappa shape index (κ2) is 3.56. The number of nitrogens with one attached hydrogen (secondary N) is 1. The van der Waals surface area contributed by atoms with E-state index in [-0.39, 0.29) is 5.52 Å². The third kappa shape index (κ3) is 1.43. The van der Waals surface area contributed by atoms with Gasteiger partial charge in [-0.2, -0.15) is 5.10 Å². The van der Waals surface area contributed by atoms with Gasteiger partial charge in [0.25, 0.3) is 5.56 Å². The summed E-state index contributed by atoms with van der Waals surface area (Å²) in [5.74, 6) is -0.279. The van der Waals surface area contributed by atoms with Crippen molar-refractivity contribution in [2.45, 2.75) is 5.88 Å². The zero-order valence-electron chi connectivity index (χ0n) is 8.58. The second-order valence-electron chi connectivity index (χ2n) is 3.69. The van der Waals surface area contributed by atoms with Crippen molar-refractivity contribution in [1.29, 1.82) is 0 Å². The van der Waals surface area contributed by atoms with Crippen LogP contribution >= 0.6 is 11.6 Å². The first kappa shape index (κ1) is 10.3. The Bertz CT molecular complexity index is 777. The topological polar surface area (TPSA) is 50.2 Å². The average Bonchev–Trinajstić information content (AvgIpc) is 2.71. The number of H-pyrrole nitrogens is 1. The largest absolute Gasteiger partial charge is 0.319 e. The first-order chi connectivity index (χ1) is 8.20. The molecule has 6 heteroatoms. The van der Waals surface area contributed by atoms with Crippen LogP contribution in [-0.4, -0.2) is 14.6 Å². The number of fused-ring (bicyclic) bond motifs is 3. The van der Waals surface area contributed by atoms with Gasteiger partial charge in [-0.05, 0) is 17.7 Å². The van der Waals surface area contributed by atoms with Crippen LogP contribution in [0.2, 0.25) is 0 Å². The minimum Gasteiger partial charge on any atom is -0.319 e. The lowest BCUT2D eigenvalue weighted by atomic mass is 10.2. The third-order valence-corrected chi connectivity index (χ3v) is 2.94. The van der Waals surface area contributed by atoms with Gasteiger partial charge in [-0.1, -0.05) is 6.07 Å². The zero-order chi connectivity index (χ0) is 12.0. The highest BCUT2D eigenvalue weighted by atomic mass is 35.5. The summed E-state index contributed by atoms with van der Waals surface area (Å²) >= 11 is 5.71. The predicted molar refractivity (Wildman–Crippen MR) is 62.8 cm³/mol. The molecule has 4 nitrogen and oxygen atoms in total. The van der Waals surface area contributed by atoms with Crippen molar-refractivity contribution in [3.8, 4) is 0 Å². The van der Waals surface area contributed by atoms with Gasteiger partial charge in [-0.25, -0.2) is 8.91 Å². The molecule has 86 valence electrons. The summed E-state index contributed by atoms with van der Waals surface area (Å²) in [7, 11) is 0. The number of benzene rings is 1. The van der Waals surface area contributed by atoms with Gasteiger partial charge in [0.15, 0.2) is 11.3 Å². The highest BCUT2D eigenvalue weighted by Crippen LogP contribution is 2.16. The molecule has 17 heavy (non-hydrogen) atoms. The van der Waals surface area contributed by atoms with E-state index in [2.05, 4.69) is 10.1 Å². The van der Waals surface area contributed by atoms with Crippen LogP contribution in [0.3, 0.4) is 0 Å². The normalized spacial score (nSPS) is 11.4. The van der Waals surface area contributed by atoms with Crippen molar-refractivity contribution >= 4 is 28.2 Å². The number of halogens is 2. The molecule has 2 heterocycles. The van der Waals surface area contributed by atoms with Gasteiger partial charge in [0.2, 0.25) is 0 Å². The molecule has 0 aliphatic rings. The van der Waals surface area contributed by atoms with Crippen molar-refractivity contribution in [2.24, 2.45) is 0 Å². The Morgan fingerprint density at radius 2 is 2.29 bits per heavy atom. The van der Waals surface area contributed by atoms with Gasteiger partial charge >= 0.3 is 0 Å². The van der Waals surface area contributed by atoms with Crippen molar-refractivity contribution in [3.63, 3.8) is 0 Å². The fraction of sp³-hybridized carbons (Fsp3) is 0.0909. The lowest BCUT2D eigenvalue weighted by molar-refractivity contribution is 0.638. The standard InChI is InChI=1S/C11H7ClFN3O/c12-4-6-1-2-9-8(3-6)15-11(17)10-7(13)5-14-16(9)10/h1-3,5H,4H2,(H,15,17). The molecule has 2 aromatic heterocycles. The van der Waals surface area contributed by atoms with E-state index in [4.69, 9.17) is 11.6 Å². The maximum absolute atomic E-state index is 13.4. The van der Waals surface area contributed by atoms with Gasteiger partial charge < -0.3 is 4.98 Å². The monoisotopic (exact) mass is 251 g/mol. The molecule has 0 amide bonds. The average molecular weight is 252 g/mol. The van der Waals surface area contributed by atoms with Crippen LogP contribution in [0.15, 0.2) is 29.2 Å². The predicted octanol–water partition coefficient (Wildman–Crippen LogP) is 2.05. The van der Waals surface area contributed by atoms with Crippen LogP contribution in [0, 0.1) is 5.82 Å². The molecule has 1 aromatic carbocycles. The van der Waals surface area contributed by atoms with E-state index in [1.807, 2.05) is 6.07 Å². The SMILES string of the molecule is O=c1[nH]c2cc(CCl)ccc2n2ncc(F)c12. The molecule has 0 spiro atoms. The lowest BCUT2D eigenvalue weighted by Crippen LogP contribution is -2.11. The van der Waals surface area contributed by atoms with E-state index in [0.717, 1.165) is 11.8 Å². The molecule has 0 atom stereocenters. The zero-order valence-corrected chi connectivity index (χ0v) is 9.33. The number of aromatic amines is 1. The molecular weight excluding hydrogens is 245 g/mol. The van der Waals surface area contributed by atoms with Crippen molar-refractivity contribution in [1.82, 2.24) is 14.6 Å². The van der Waals surface area contributed by atoms with Crippen LogP contribution in [0.4, 0.5) is 4.39 Å². The summed E-state index contributed by atoms with van der Waals surface area (Å²) in [6.45, 7) is 0. The summed E-state index contributed by atoms with van der Waals surface area (Å²) in [6, 6.07) is 5.32.